The lowest BCUT2D eigenvalue weighted by Crippen LogP contribution is -2.30. The summed E-state index contributed by atoms with van der Waals surface area (Å²) < 4.78 is 40.2. The number of hydrogen-bond donors (Lipinski definition) is 1. The fourth-order valence-electron chi connectivity index (χ4n) is 4.35. The molecule has 1 saturated heterocycles. The second-order valence-electron chi connectivity index (χ2n) is 8.13. The van der Waals surface area contributed by atoms with Crippen molar-refractivity contribution in [3.63, 3.8) is 0 Å². The van der Waals surface area contributed by atoms with Crippen molar-refractivity contribution < 1.29 is 22.4 Å². The van der Waals surface area contributed by atoms with Crippen LogP contribution in [0.25, 0.3) is 21.9 Å². The van der Waals surface area contributed by atoms with Gasteiger partial charge in [-0.15, -0.1) is 0 Å². The summed E-state index contributed by atoms with van der Waals surface area (Å²) in [6.07, 6.45) is 3.22. The lowest BCUT2D eigenvalue weighted by Gasteiger charge is -2.30. The molecular weight excluding hydrogens is 440 g/mol. The van der Waals surface area contributed by atoms with Crippen LogP contribution < -0.4 is 9.62 Å². The number of methoxy groups -OCH3 is 1. The van der Waals surface area contributed by atoms with Crippen LogP contribution in [0.5, 0.6) is 0 Å². The largest absolute Gasteiger partial charge is 0.465 e. The molecule has 170 valence electrons. The molecule has 4 aromatic rings. The number of hydrogen-bond acceptors (Lipinski definition) is 6. The first-order valence-corrected chi connectivity index (χ1v) is 12.4. The first-order valence-electron chi connectivity index (χ1n) is 10.9. The van der Waals surface area contributed by atoms with E-state index in [2.05, 4.69) is 9.62 Å². The van der Waals surface area contributed by atoms with Gasteiger partial charge in [-0.2, -0.15) is 0 Å². The Kier molecular flexibility index (Phi) is 5.46. The van der Waals surface area contributed by atoms with E-state index >= 15 is 0 Å². The fourth-order valence-corrected chi connectivity index (χ4v) is 5.44. The van der Waals surface area contributed by atoms with Crippen molar-refractivity contribution in [1.82, 2.24) is 0 Å². The zero-order chi connectivity index (χ0) is 23.0. The number of piperidine rings is 1. The number of esters is 1. The highest BCUT2D eigenvalue weighted by Gasteiger charge is 2.22. The standard InChI is InChI=1S/C25H24N2O5S/c1-31-25(28)17-9-11-22(27-13-5-2-6-14-27)21(15-17)26-33(29,30)18-10-12-24-20(16-18)19-7-3-4-8-23(19)32-24/h3-4,7-12,15-16,26H,2,5-6,13-14H2,1H3. The summed E-state index contributed by atoms with van der Waals surface area (Å²) in [6, 6.07) is 17.3. The van der Waals surface area contributed by atoms with E-state index < -0.39 is 16.0 Å². The number of nitrogens with one attached hydrogen (secondary N) is 1. The van der Waals surface area contributed by atoms with Crippen LogP contribution in [-0.4, -0.2) is 34.6 Å². The maximum atomic E-state index is 13.4. The van der Waals surface area contributed by atoms with E-state index in [0.29, 0.717) is 16.9 Å². The summed E-state index contributed by atoms with van der Waals surface area (Å²) in [4.78, 5) is 14.4. The van der Waals surface area contributed by atoms with Crippen molar-refractivity contribution >= 4 is 49.3 Å². The molecule has 0 unspecified atom stereocenters. The van der Waals surface area contributed by atoms with E-state index in [1.165, 1.54) is 13.2 Å². The lowest BCUT2D eigenvalue weighted by atomic mass is 10.1. The van der Waals surface area contributed by atoms with E-state index in [9.17, 15) is 13.2 Å². The highest BCUT2D eigenvalue weighted by Crippen LogP contribution is 2.34. The average molecular weight is 465 g/mol. The zero-order valence-corrected chi connectivity index (χ0v) is 19.0. The van der Waals surface area contributed by atoms with Gasteiger partial charge in [-0.05, 0) is 61.7 Å². The molecule has 0 spiro atoms. The van der Waals surface area contributed by atoms with E-state index in [1.807, 2.05) is 24.3 Å². The van der Waals surface area contributed by atoms with Crippen LogP contribution in [0, 0.1) is 0 Å². The van der Waals surface area contributed by atoms with Gasteiger partial charge >= 0.3 is 5.97 Å². The highest BCUT2D eigenvalue weighted by molar-refractivity contribution is 7.92. The molecule has 1 N–H and O–H groups in total. The van der Waals surface area contributed by atoms with Crippen LogP contribution >= 0.6 is 0 Å². The normalized spacial score (nSPS) is 14.5. The molecule has 5 rings (SSSR count). The highest BCUT2D eigenvalue weighted by atomic mass is 32.2. The van der Waals surface area contributed by atoms with Crippen LogP contribution in [0.2, 0.25) is 0 Å². The minimum absolute atomic E-state index is 0.120. The Labute approximate surface area is 192 Å². The Morgan fingerprint density at radius 3 is 2.48 bits per heavy atom. The molecule has 1 fully saturated rings. The summed E-state index contributed by atoms with van der Waals surface area (Å²) in [6.45, 7) is 1.67. The minimum atomic E-state index is -3.93. The van der Waals surface area contributed by atoms with Gasteiger partial charge < -0.3 is 14.1 Å². The third-order valence-electron chi connectivity index (χ3n) is 6.02. The van der Waals surface area contributed by atoms with Gasteiger partial charge in [0.2, 0.25) is 0 Å². The number of furan rings is 1. The summed E-state index contributed by atoms with van der Waals surface area (Å²) >= 11 is 0. The van der Waals surface area contributed by atoms with Gasteiger partial charge in [0, 0.05) is 23.9 Å². The van der Waals surface area contributed by atoms with Crippen molar-refractivity contribution in [2.24, 2.45) is 0 Å². The second kappa shape index (κ2) is 8.44. The molecule has 0 saturated carbocycles. The van der Waals surface area contributed by atoms with Crippen LogP contribution in [-0.2, 0) is 14.8 Å². The average Bonchev–Trinajstić information content (AvgIpc) is 3.22. The van der Waals surface area contributed by atoms with Crippen molar-refractivity contribution in [3.8, 4) is 0 Å². The molecule has 0 aliphatic carbocycles. The number of carbonyl (C=O) groups excluding carboxylic acids is 1. The van der Waals surface area contributed by atoms with Gasteiger partial charge in [-0.25, -0.2) is 13.2 Å². The number of carbonyl (C=O) groups is 1. The van der Waals surface area contributed by atoms with Gasteiger partial charge in [-0.3, -0.25) is 4.72 Å². The molecule has 1 aliphatic heterocycles. The van der Waals surface area contributed by atoms with E-state index in [4.69, 9.17) is 9.15 Å². The van der Waals surface area contributed by atoms with E-state index in [-0.39, 0.29) is 10.5 Å². The van der Waals surface area contributed by atoms with Crippen LogP contribution in [0.1, 0.15) is 29.6 Å². The number of rotatable bonds is 5. The molecular formula is C25H24N2O5S. The third-order valence-corrected chi connectivity index (χ3v) is 7.38. The van der Waals surface area contributed by atoms with Crippen LogP contribution in [0.4, 0.5) is 11.4 Å². The molecule has 33 heavy (non-hydrogen) atoms. The molecule has 2 heterocycles. The van der Waals surface area contributed by atoms with Crippen LogP contribution in [0.3, 0.4) is 0 Å². The van der Waals surface area contributed by atoms with Crippen LogP contribution in [0.15, 0.2) is 70.0 Å². The Bertz CT molecular complexity index is 1450. The topological polar surface area (TPSA) is 88.9 Å². The van der Waals surface area contributed by atoms with Crippen molar-refractivity contribution in [1.29, 1.82) is 0 Å². The summed E-state index contributed by atoms with van der Waals surface area (Å²) in [5.41, 5.74) is 2.72. The molecule has 0 bridgehead atoms. The minimum Gasteiger partial charge on any atom is -0.465 e. The maximum Gasteiger partial charge on any atom is 0.337 e. The monoisotopic (exact) mass is 464 g/mol. The number of nitrogens with zero attached hydrogens (tertiary/aromatic N) is 1. The van der Waals surface area contributed by atoms with Crippen molar-refractivity contribution in [2.45, 2.75) is 24.2 Å². The van der Waals surface area contributed by atoms with Gasteiger partial charge in [0.15, 0.2) is 0 Å². The molecule has 0 atom stereocenters. The quantitative estimate of drug-likeness (QED) is 0.410. The lowest BCUT2D eigenvalue weighted by molar-refractivity contribution is 0.0601. The van der Waals surface area contributed by atoms with Gasteiger partial charge in [0.25, 0.3) is 10.0 Å². The van der Waals surface area contributed by atoms with E-state index in [1.54, 1.807) is 30.3 Å². The Morgan fingerprint density at radius 1 is 0.939 bits per heavy atom. The first-order chi connectivity index (χ1) is 16.0. The van der Waals surface area contributed by atoms with Gasteiger partial charge in [0.05, 0.1) is 28.9 Å². The molecule has 1 aliphatic rings. The number of ether oxygens (including phenoxy) is 1. The Balaban J connectivity index is 1.56. The molecule has 3 aromatic carbocycles. The number of benzene rings is 3. The maximum absolute atomic E-state index is 13.4. The molecule has 8 heteroatoms. The smallest absolute Gasteiger partial charge is 0.337 e. The number of anilines is 2. The summed E-state index contributed by atoms with van der Waals surface area (Å²) in [5, 5.41) is 1.58. The Hall–Kier alpha value is -3.52. The van der Waals surface area contributed by atoms with Crippen molar-refractivity contribution in [2.75, 3.05) is 29.8 Å². The van der Waals surface area contributed by atoms with Gasteiger partial charge in [0.1, 0.15) is 11.2 Å². The molecule has 7 nitrogen and oxygen atoms in total. The predicted molar refractivity (Wildman–Crippen MR) is 128 cm³/mol. The molecule has 1 aromatic heterocycles. The second-order valence-corrected chi connectivity index (χ2v) is 9.82. The summed E-state index contributed by atoms with van der Waals surface area (Å²) in [7, 11) is -2.63. The van der Waals surface area contributed by atoms with E-state index in [0.717, 1.165) is 48.8 Å². The first kappa shape index (κ1) is 21.3. The zero-order valence-electron chi connectivity index (χ0n) is 18.2. The third kappa shape index (κ3) is 4.02. The number of sulfonamides is 1. The summed E-state index contributed by atoms with van der Waals surface area (Å²) in [5.74, 6) is -0.521. The molecule has 0 amide bonds. The number of para-hydroxylation sites is 1. The predicted octanol–water partition coefficient (Wildman–Crippen LogP) is 5.16. The fraction of sp³-hybridized carbons (Fsp3) is 0.240. The molecule has 0 radical (unpaired) electrons. The van der Waals surface area contributed by atoms with Gasteiger partial charge in [-0.1, -0.05) is 18.2 Å². The Morgan fingerprint density at radius 2 is 1.70 bits per heavy atom. The number of fused-ring (bicyclic) bond motifs is 3. The van der Waals surface area contributed by atoms with Crippen molar-refractivity contribution in [3.05, 3.63) is 66.2 Å². The SMILES string of the molecule is COC(=O)c1ccc(N2CCCCC2)c(NS(=O)(=O)c2ccc3oc4ccccc4c3c2)c1.